The normalized spacial score (nSPS) is 11.9. The van der Waals surface area contributed by atoms with Crippen LogP contribution >= 0.6 is 0 Å². The number of aryl methyl sites for hydroxylation is 1. The number of pyridine rings is 1. The number of nitrogens with one attached hydrogen (secondary N) is 1. The molecular formula is C15H21FN4. The Morgan fingerprint density at radius 1 is 1.25 bits per heavy atom. The van der Waals surface area contributed by atoms with Gasteiger partial charge in [0, 0.05) is 23.3 Å². The van der Waals surface area contributed by atoms with Gasteiger partial charge in [0.1, 0.15) is 18.0 Å². The summed E-state index contributed by atoms with van der Waals surface area (Å²) in [6.07, 6.45) is 2.97. The van der Waals surface area contributed by atoms with Crippen molar-refractivity contribution in [3.8, 4) is 5.82 Å². The lowest BCUT2D eigenvalue weighted by atomic mass is 10.1. The molecule has 0 fully saturated rings. The fraction of sp³-hybridized carbons (Fsp3) is 0.467. The van der Waals surface area contributed by atoms with Crippen LogP contribution in [0.15, 0.2) is 18.6 Å². The summed E-state index contributed by atoms with van der Waals surface area (Å²) in [4.78, 5) is 8.51. The highest BCUT2D eigenvalue weighted by Gasteiger charge is 2.14. The second-order valence-corrected chi connectivity index (χ2v) is 6.03. The van der Waals surface area contributed by atoms with Gasteiger partial charge >= 0.3 is 0 Å². The van der Waals surface area contributed by atoms with Gasteiger partial charge in [-0.25, -0.2) is 14.4 Å². The molecule has 0 aliphatic carbocycles. The molecule has 2 aromatic heterocycles. The molecule has 0 atom stereocenters. The van der Waals surface area contributed by atoms with E-state index >= 15 is 0 Å². The Hall–Kier alpha value is -1.75. The van der Waals surface area contributed by atoms with Gasteiger partial charge in [-0.05, 0) is 40.7 Å². The van der Waals surface area contributed by atoms with Crippen LogP contribution in [0, 0.1) is 19.7 Å². The Morgan fingerprint density at radius 3 is 2.50 bits per heavy atom. The highest BCUT2D eigenvalue weighted by molar-refractivity contribution is 5.36. The second-order valence-electron chi connectivity index (χ2n) is 6.03. The minimum absolute atomic E-state index is 0.0382. The summed E-state index contributed by atoms with van der Waals surface area (Å²) in [7, 11) is 0. The molecule has 4 nitrogen and oxygen atoms in total. The molecule has 2 aromatic rings. The Balaban J connectivity index is 2.40. The van der Waals surface area contributed by atoms with Crippen molar-refractivity contribution >= 4 is 0 Å². The first-order valence-electron chi connectivity index (χ1n) is 6.68. The molecule has 0 aliphatic rings. The maximum absolute atomic E-state index is 13.5. The van der Waals surface area contributed by atoms with E-state index in [0.29, 0.717) is 6.54 Å². The average molecular weight is 276 g/mol. The highest BCUT2D eigenvalue weighted by atomic mass is 19.1. The number of hydrogen-bond acceptors (Lipinski definition) is 3. The van der Waals surface area contributed by atoms with Crippen molar-refractivity contribution in [1.82, 2.24) is 19.9 Å². The third-order valence-corrected chi connectivity index (χ3v) is 3.20. The van der Waals surface area contributed by atoms with Gasteiger partial charge in [0.25, 0.3) is 0 Å². The van der Waals surface area contributed by atoms with E-state index in [2.05, 4.69) is 36.1 Å². The standard InChI is InChI=1S/C15H21FN4/c1-10-11(2)20(9-18-10)14-12(6-13(16)8-17-14)7-19-15(3,4)5/h6,8-9,19H,7H2,1-5H3. The van der Waals surface area contributed by atoms with Gasteiger partial charge in [-0.3, -0.25) is 4.57 Å². The van der Waals surface area contributed by atoms with Crippen LogP contribution < -0.4 is 5.32 Å². The molecule has 2 rings (SSSR count). The third kappa shape index (κ3) is 3.22. The van der Waals surface area contributed by atoms with Crippen LogP contribution in [-0.2, 0) is 6.54 Å². The molecule has 0 saturated carbocycles. The topological polar surface area (TPSA) is 42.7 Å². The third-order valence-electron chi connectivity index (χ3n) is 3.20. The maximum Gasteiger partial charge on any atom is 0.142 e. The van der Waals surface area contributed by atoms with E-state index in [0.717, 1.165) is 22.8 Å². The summed E-state index contributed by atoms with van der Waals surface area (Å²) in [5.74, 6) is 0.398. The van der Waals surface area contributed by atoms with Gasteiger partial charge in [-0.15, -0.1) is 0 Å². The number of rotatable bonds is 3. The predicted octanol–water partition coefficient (Wildman–Crippen LogP) is 2.91. The molecule has 0 radical (unpaired) electrons. The van der Waals surface area contributed by atoms with E-state index in [9.17, 15) is 4.39 Å². The van der Waals surface area contributed by atoms with Crippen LogP contribution in [0.1, 0.15) is 37.7 Å². The van der Waals surface area contributed by atoms with Crippen LogP contribution in [0.25, 0.3) is 5.82 Å². The minimum Gasteiger partial charge on any atom is -0.308 e. The van der Waals surface area contributed by atoms with Gasteiger partial charge in [0.15, 0.2) is 0 Å². The first-order chi connectivity index (χ1) is 9.28. The van der Waals surface area contributed by atoms with E-state index in [1.165, 1.54) is 12.3 Å². The Kier molecular flexibility index (Phi) is 3.90. The van der Waals surface area contributed by atoms with Gasteiger partial charge in [0.2, 0.25) is 0 Å². The highest BCUT2D eigenvalue weighted by Crippen LogP contribution is 2.17. The smallest absolute Gasteiger partial charge is 0.142 e. The van der Waals surface area contributed by atoms with Crippen LogP contribution in [0.4, 0.5) is 4.39 Å². The van der Waals surface area contributed by atoms with Crippen molar-refractivity contribution in [2.45, 2.75) is 46.7 Å². The van der Waals surface area contributed by atoms with Crippen molar-refractivity contribution in [1.29, 1.82) is 0 Å². The lowest BCUT2D eigenvalue weighted by Crippen LogP contribution is -2.35. The lowest BCUT2D eigenvalue weighted by Gasteiger charge is -2.21. The zero-order valence-corrected chi connectivity index (χ0v) is 12.7. The quantitative estimate of drug-likeness (QED) is 0.937. The Labute approximate surface area is 119 Å². The lowest BCUT2D eigenvalue weighted by molar-refractivity contribution is 0.422. The Bertz CT molecular complexity index is 611. The maximum atomic E-state index is 13.5. The van der Waals surface area contributed by atoms with Crippen molar-refractivity contribution in [2.24, 2.45) is 0 Å². The molecule has 0 aromatic carbocycles. The van der Waals surface area contributed by atoms with Crippen molar-refractivity contribution < 1.29 is 4.39 Å². The first-order valence-corrected chi connectivity index (χ1v) is 6.68. The average Bonchev–Trinajstić information content (AvgIpc) is 2.67. The van der Waals surface area contributed by atoms with E-state index < -0.39 is 0 Å². The predicted molar refractivity (Wildman–Crippen MR) is 77.4 cm³/mol. The SMILES string of the molecule is Cc1ncn(-c2ncc(F)cc2CNC(C)(C)C)c1C. The largest absolute Gasteiger partial charge is 0.308 e. The number of hydrogen-bond donors (Lipinski definition) is 1. The van der Waals surface area contributed by atoms with Gasteiger partial charge in [-0.1, -0.05) is 0 Å². The molecular weight excluding hydrogens is 255 g/mol. The van der Waals surface area contributed by atoms with Crippen LogP contribution in [-0.4, -0.2) is 20.1 Å². The summed E-state index contributed by atoms with van der Waals surface area (Å²) in [5.41, 5.74) is 2.75. The van der Waals surface area contributed by atoms with Crippen LogP contribution in [0.2, 0.25) is 0 Å². The summed E-state index contributed by atoms with van der Waals surface area (Å²) in [6, 6.07) is 1.52. The molecule has 0 unspecified atom stereocenters. The van der Waals surface area contributed by atoms with Gasteiger partial charge in [-0.2, -0.15) is 0 Å². The molecule has 108 valence electrons. The van der Waals surface area contributed by atoms with E-state index in [1.807, 2.05) is 18.4 Å². The second kappa shape index (κ2) is 5.32. The molecule has 0 spiro atoms. The molecule has 1 N–H and O–H groups in total. The number of nitrogens with zero attached hydrogens (tertiary/aromatic N) is 3. The number of imidazole rings is 1. The van der Waals surface area contributed by atoms with Crippen molar-refractivity contribution in [3.63, 3.8) is 0 Å². The summed E-state index contributed by atoms with van der Waals surface area (Å²) in [6.45, 7) is 10.7. The molecule has 20 heavy (non-hydrogen) atoms. The monoisotopic (exact) mass is 276 g/mol. The summed E-state index contributed by atoms with van der Waals surface area (Å²) in [5, 5.41) is 3.36. The molecule has 5 heteroatoms. The molecule has 0 saturated heterocycles. The number of aromatic nitrogens is 3. The summed E-state index contributed by atoms with van der Waals surface area (Å²) < 4.78 is 15.4. The van der Waals surface area contributed by atoms with E-state index in [-0.39, 0.29) is 11.4 Å². The Morgan fingerprint density at radius 2 is 1.95 bits per heavy atom. The van der Waals surface area contributed by atoms with E-state index in [1.54, 1.807) is 6.33 Å². The minimum atomic E-state index is -0.325. The molecule has 0 amide bonds. The zero-order valence-electron chi connectivity index (χ0n) is 12.7. The molecule has 0 aliphatic heterocycles. The summed E-state index contributed by atoms with van der Waals surface area (Å²) >= 11 is 0. The van der Waals surface area contributed by atoms with Crippen LogP contribution in [0.3, 0.4) is 0 Å². The van der Waals surface area contributed by atoms with Gasteiger partial charge in [0.05, 0.1) is 11.9 Å². The fourth-order valence-corrected chi connectivity index (χ4v) is 1.89. The van der Waals surface area contributed by atoms with Crippen molar-refractivity contribution in [3.05, 3.63) is 41.4 Å². The molecule has 0 bridgehead atoms. The van der Waals surface area contributed by atoms with Gasteiger partial charge < -0.3 is 5.32 Å². The fourth-order valence-electron chi connectivity index (χ4n) is 1.89. The van der Waals surface area contributed by atoms with Crippen molar-refractivity contribution in [2.75, 3.05) is 0 Å². The molecule has 2 heterocycles. The first kappa shape index (κ1) is 14.7. The number of halogens is 1. The van der Waals surface area contributed by atoms with Crippen LogP contribution in [0.5, 0.6) is 0 Å². The zero-order chi connectivity index (χ0) is 14.9. The van der Waals surface area contributed by atoms with E-state index in [4.69, 9.17) is 0 Å².